The van der Waals surface area contributed by atoms with E-state index < -0.39 is 15.9 Å². The number of fused-ring (bicyclic) bond motifs is 3. The number of amides is 2. The highest BCUT2D eigenvalue weighted by atomic mass is 32.2. The number of hydrogen-bond acceptors (Lipinski definition) is 5. The summed E-state index contributed by atoms with van der Waals surface area (Å²) in [5, 5.41) is 16.4. The van der Waals surface area contributed by atoms with Crippen LogP contribution in [0.2, 0.25) is 0 Å². The Bertz CT molecular complexity index is 1160. The molecule has 0 spiro atoms. The molecule has 0 radical (unpaired) electrons. The molecule has 1 aromatic heterocycles. The number of aromatic nitrogens is 2. The van der Waals surface area contributed by atoms with Gasteiger partial charge in [-0.2, -0.15) is 5.10 Å². The first-order valence-electron chi connectivity index (χ1n) is 10.7. The molecule has 0 saturated heterocycles. The van der Waals surface area contributed by atoms with Gasteiger partial charge in [0.15, 0.2) is 9.92 Å². The Morgan fingerprint density at radius 2 is 1.94 bits per heavy atom. The molecule has 10 heteroatoms. The van der Waals surface area contributed by atoms with Gasteiger partial charge in [0.2, 0.25) is 5.88 Å². The van der Waals surface area contributed by atoms with Crippen molar-refractivity contribution in [2.75, 3.05) is 19.0 Å². The van der Waals surface area contributed by atoms with Crippen LogP contribution in [0.4, 0.5) is 10.5 Å². The summed E-state index contributed by atoms with van der Waals surface area (Å²) in [5.41, 5.74) is 5.53. The van der Waals surface area contributed by atoms with E-state index in [1.807, 2.05) is 14.0 Å². The Morgan fingerprint density at radius 1 is 1.26 bits per heavy atom. The number of nitrogens with two attached hydrogens (primary N) is 1. The summed E-state index contributed by atoms with van der Waals surface area (Å²) in [6.07, 6.45) is 7.47. The Hall–Kier alpha value is -2.43. The van der Waals surface area contributed by atoms with Gasteiger partial charge in [0.05, 0.1) is 18.3 Å². The molecule has 166 valence electrons. The highest BCUT2D eigenvalue weighted by Crippen LogP contribution is 2.39. The van der Waals surface area contributed by atoms with Crippen molar-refractivity contribution in [1.29, 1.82) is 0 Å². The number of anilines is 1. The van der Waals surface area contributed by atoms with Crippen molar-refractivity contribution in [2.45, 2.75) is 62.4 Å². The Balaban J connectivity index is 1.45. The summed E-state index contributed by atoms with van der Waals surface area (Å²) in [5.74, 6) is 0.304. The largest absolute Gasteiger partial charge is 0.475 e. The lowest BCUT2D eigenvalue weighted by Crippen LogP contribution is -2.51. The minimum Gasteiger partial charge on any atom is -0.475 e. The van der Waals surface area contributed by atoms with Crippen LogP contribution in [0.15, 0.2) is 21.5 Å². The molecule has 31 heavy (non-hydrogen) atoms. The van der Waals surface area contributed by atoms with Gasteiger partial charge in [-0.3, -0.25) is 0 Å². The molecular weight excluding hydrogens is 416 g/mol. The van der Waals surface area contributed by atoms with Gasteiger partial charge in [0.25, 0.3) is 0 Å². The van der Waals surface area contributed by atoms with Crippen LogP contribution in [0.5, 0.6) is 5.88 Å². The molecule has 2 aliphatic carbocycles. The molecule has 1 unspecified atom stereocenters. The van der Waals surface area contributed by atoms with Crippen molar-refractivity contribution < 1.29 is 13.7 Å². The van der Waals surface area contributed by atoms with Gasteiger partial charge in [-0.25, -0.2) is 18.8 Å². The van der Waals surface area contributed by atoms with Crippen LogP contribution >= 0.6 is 0 Å². The molecule has 1 aromatic carbocycles. The van der Waals surface area contributed by atoms with Crippen LogP contribution in [0.1, 0.15) is 42.0 Å². The van der Waals surface area contributed by atoms with E-state index >= 15 is 0 Å². The monoisotopic (exact) mass is 444 g/mol. The number of ether oxygens (including phenoxy) is 1. The third-order valence-electron chi connectivity index (χ3n) is 6.63. The molecule has 1 aliphatic heterocycles. The molecule has 0 bridgehead atoms. The smallest absolute Gasteiger partial charge is 0.354 e. The SMILES string of the molecule is CN[C@@]1(C)COc2c(S(N)(=O)=NC(=O)Nc3c4c(cc5c3CCC5)CCC4)cnn2C1. The minimum atomic E-state index is -3.52. The molecule has 2 atom stereocenters. The third-order valence-corrected chi connectivity index (χ3v) is 7.98. The molecule has 2 aromatic rings. The zero-order chi connectivity index (χ0) is 21.8. The topological polar surface area (TPSA) is 124 Å². The normalized spacial score (nSPS) is 23.3. The van der Waals surface area contributed by atoms with E-state index in [-0.39, 0.29) is 10.4 Å². The number of rotatable bonds is 3. The third kappa shape index (κ3) is 3.52. The molecular formula is C21H28N6O3S. The highest BCUT2D eigenvalue weighted by Gasteiger charge is 2.34. The molecule has 0 fully saturated rings. The van der Waals surface area contributed by atoms with Gasteiger partial charge < -0.3 is 15.4 Å². The Morgan fingerprint density at radius 3 is 2.58 bits per heavy atom. The van der Waals surface area contributed by atoms with E-state index in [2.05, 4.69) is 26.2 Å². The van der Waals surface area contributed by atoms with E-state index in [9.17, 15) is 9.00 Å². The number of benzene rings is 1. The van der Waals surface area contributed by atoms with Crippen LogP contribution in [0.3, 0.4) is 0 Å². The molecule has 0 saturated carbocycles. The van der Waals surface area contributed by atoms with Crippen molar-refractivity contribution in [1.82, 2.24) is 15.1 Å². The molecule has 2 heterocycles. The molecule has 4 N–H and O–H groups in total. The lowest BCUT2D eigenvalue weighted by Gasteiger charge is -2.33. The zero-order valence-electron chi connectivity index (χ0n) is 17.9. The number of urea groups is 1. The van der Waals surface area contributed by atoms with E-state index in [0.29, 0.717) is 19.0 Å². The minimum absolute atomic E-state index is 0.143. The van der Waals surface area contributed by atoms with Crippen LogP contribution < -0.4 is 20.5 Å². The number of likely N-dealkylation sites (N-methyl/N-ethyl adjacent to an activating group) is 1. The second-order valence-corrected chi connectivity index (χ2v) is 10.7. The average Bonchev–Trinajstić information content (AvgIpc) is 3.46. The van der Waals surface area contributed by atoms with Crippen molar-refractivity contribution in [3.63, 3.8) is 0 Å². The maximum absolute atomic E-state index is 13.2. The first-order chi connectivity index (χ1) is 14.8. The second-order valence-electron chi connectivity index (χ2n) is 8.90. The standard InChI is InChI=1S/C21H28N6O3S/c1-21(23-2)11-27-19(30-12-21)17(10-24-27)31(22,29)26-20(28)25-18-15-7-3-5-13(15)9-14-6-4-8-16(14)18/h9-10,23H,3-8,11-12H2,1-2H3,(H3,22,25,26,28,29)/t21-,31?/m1/s1. The average molecular weight is 445 g/mol. The maximum Gasteiger partial charge on any atom is 0.354 e. The maximum atomic E-state index is 13.2. The van der Waals surface area contributed by atoms with Crippen LogP contribution in [0, 0.1) is 0 Å². The number of nitrogens with zero attached hydrogens (tertiary/aromatic N) is 3. The molecule has 5 rings (SSSR count). The predicted octanol–water partition coefficient (Wildman–Crippen LogP) is 2.16. The van der Waals surface area contributed by atoms with Gasteiger partial charge >= 0.3 is 6.03 Å². The fourth-order valence-electron chi connectivity index (χ4n) is 4.84. The van der Waals surface area contributed by atoms with Crippen molar-refractivity contribution in [3.05, 3.63) is 34.5 Å². The Labute approximate surface area is 182 Å². The predicted molar refractivity (Wildman–Crippen MR) is 118 cm³/mol. The fourth-order valence-corrected chi connectivity index (χ4v) is 5.84. The lowest BCUT2D eigenvalue weighted by molar-refractivity contribution is 0.121. The summed E-state index contributed by atoms with van der Waals surface area (Å²) in [7, 11) is -1.67. The van der Waals surface area contributed by atoms with Gasteiger partial charge in [0.1, 0.15) is 11.5 Å². The highest BCUT2D eigenvalue weighted by molar-refractivity contribution is 7.91. The first kappa shape index (κ1) is 20.5. The molecule has 3 aliphatic rings. The first-order valence-corrected chi connectivity index (χ1v) is 12.3. The van der Waals surface area contributed by atoms with Crippen LogP contribution in [-0.4, -0.2) is 39.2 Å². The van der Waals surface area contributed by atoms with E-state index in [0.717, 1.165) is 44.2 Å². The molecule has 2 amide bonds. The summed E-state index contributed by atoms with van der Waals surface area (Å²) in [4.78, 5) is 13.0. The van der Waals surface area contributed by atoms with E-state index in [1.165, 1.54) is 28.5 Å². The molecule has 9 nitrogen and oxygen atoms in total. The van der Waals surface area contributed by atoms with Crippen LogP contribution in [0.25, 0.3) is 0 Å². The zero-order valence-corrected chi connectivity index (χ0v) is 18.7. The number of aryl methyl sites for hydroxylation is 2. The number of carbonyl (C=O) groups is 1. The number of nitrogens with one attached hydrogen (secondary N) is 2. The lowest BCUT2D eigenvalue weighted by atomic mass is 9.99. The van der Waals surface area contributed by atoms with Crippen LogP contribution in [-0.2, 0) is 42.1 Å². The summed E-state index contributed by atoms with van der Waals surface area (Å²) >= 11 is 0. The summed E-state index contributed by atoms with van der Waals surface area (Å²) in [6.45, 7) is 2.90. The van der Waals surface area contributed by atoms with E-state index in [1.54, 1.807) is 4.68 Å². The van der Waals surface area contributed by atoms with Gasteiger partial charge in [-0.15, -0.1) is 4.36 Å². The van der Waals surface area contributed by atoms with Crippen molar-refractivity contribution in [2.24, 2.45) is 9.50 Å². The van der Waals surface area contributed by atoms with E-state index in [4.69, 9.17) is 9.88 Å². The summed E-state index contributed by atoms with van der Waals surface area (Å²) < 4.78 is 24.5. The van der Waals surface area contributed by atoms with Gasteiger partial charge in [-0.05, 0) is 74.8 Å². The quantitative estimate of drug-likeness (QED) is 0.669. The Kier molecular flexibility index (Phi) is 4.83. The fraction of sp³-hybridized carbons (Fsp3) is 0.524. The van der Waals surface area contributed by atoms with Crippen molar-refractivity contribution >= 4 is 21.6 Å². The van der Waals surface area contributed by atoms with Gasteiger partial charge in [0, 0.05) is 5.69 Å². The van der Waals surface area contributed by atoms with Crippen molar-refractivity contribution in [3.8, 4) is 5.88 Å². The second kappa shape index (κ2) is 7.32. The number of hydrogen-bond donors (Lipinski definition) is 3. The number of carbonyl (C=O) groups excluding carboxylic acids is 1. The summed E-state index contributed by atoms with van der Waals surface area (Å²) in [6, 6.07) is 1.59. The van der Waals surface area contributed by atoms with Gasteiger partial charge in [-0.1, -0.05) is 6.07 Å².